The lowest BCUT2D eigenvalue weighted by Gasteiger charge is -2.06. The summed E-state index contributed by atoms with van der Waals surface area (Å²) in [5, 5.41) is 0. The van der Waals surface area contributed by atoms with Gasteiger partial charge in [-0.05, 0) is 12.8 Å². The molecule has 0 aliphatic carbocycles. The smallest absolute Gasteiger partial charge is 0.0701 e. The van der Waals surface area contributed by atoms with Crippen molar-refractivity contribution in [2.75, 3.05) is 52.9 Å². The highest BCUT2D eigenvalue weighted by atomic mass is 16.6. The quantitative estimate of drug-likeness (QED) is 0.456. The maximum atomic E-state index is 5.32. The van der Waals surface area contributed by atoms with Gasteiger partial charge < -0.3 is 18.9 Å². The van der Waals surface area contributed by atoms with E-state index in [2.05, 4.69) is 13.8 Å². The Hall–Kier alpha value is -0.160. The first-order valence-electron chi connectivity index (χ1n) is 6.22. The second-order valence-corrected chi connectivity index (χ2v) is 3.45. The molecule has 0 aromatic rings. The van der Waals surface area contributed by atoms with E-state index >= 15 is 0 Å². The topological polar surface area (TPSA) is 36.9 Å². The largest absolute Gasteiger partial charge is 0.379 e. The second-order valence-electron chi connectivity index (χ2n) is 3.45. The predicted molar refractivity (Wildman–Crippen MR) is 63.9 cm³/mol. The molecule has 0 saturated carbocycles. The summed E-state index contributed by atoms with van der Waals surface area (Å²) in [6.07, 6.45) is 2.11. The molecule has 0 atom stereocenters. The zero-order valence-corrected chi connectivity index (χ0v) is 10.7. The molecule has 0 spiro atoms. The Morgan fingerprint density at radius 3 is 0.938 bits per heavy atom. The molecular weight excluding hydrogens is 208 g/mol. The molecule has 0 aromatic heterocycles. The summed E-state index contributed by atoms with van der Waals surface area (Å²) >= 11 is 0. The molecule has 0 amide bonds. The van der Waals surface area contributed by atoms with Gasteiger partial charge in [-0.3, -0.25) is 0 Å². The van der Waals surface area contributed by atoms with E-state index in [9.17, 15) is 0 Å². The Balaban J connectivity index is 2.83. The first-order valence-corrected chi connectivity index (χ1v) is 6.22. The van der Waals surface area contributed by atoms with Crippen molar-refractivity contribution in [3.05, 3.63) is 0 Å². The van der Waals surface area contributed by atoms with Gasteiger partial charge in [0, 0.05) is 13.2 Å². The fourth-order valence-electron chi connectivity index (χ4n) is 1.05. The molecule has 0 aliphatic rings. The number of rotatable bonds is 13. The molecule has 0 fully saturated rings. The summed E-state index contributed by atoms with van der Waals surface area (Å²) < 4.78 is 21.2. The fourth-order valence-corrected chi connectivity index (χ4v) is 1.05. The van der Waals surface area contributed by atoms with Crippen molar-refractivity contribution < 1.29 is 18.9 Å². The van der Waals surface area contributed by atoms with Crippen molar-refractivity contribution in [2.24, 2.45) is 0 Å². The molecule has 16 heavy (non-hydrogen) atoms. The van der Waals surface area contributed by atoms with Gasteiger partial charge in [-0.2, -0.15) is 0 Å². The van der Waals surface area contributed by atoms with E-state index in [0.717, 1.165) is 26.1 Å². The van der Waals surface area contributed by atoms with E-state index in [1.165, 1.54) is 0 Å². The van der Waals surface area contributed by atoms with Crippen LogP contribution in [0.3, 0.4) is 0 Å². The van der Waals surface area contributed by atoms with Crippen molar-refractivity contribution in [3.8, 4) is 0 Å². The van der Waals surface area contributed by atoms with Crippen LogP contribution < -0.4 is 0 Å². The zero-order chi connectivity index (χ0) is 11.9. The average Bonchev–Trinajstić information content (AvgIpc) is 2.31. The Bertz CT molecular complexity index is 106. The molecule has 0 unspecified atom stereocenters. The van der Waals surface area contributed by atoms with Gasteiger partial charge in [0.05, 0.1) is 39.6 Å². The number of hydrogen-bond acceptors (Lipinski definition) is 4. The van der Waals surface area contributed by atoms with Crippen molar-refractivity contribution in [1.29, 1.82) is 0 Å². The van der Waals surface area contributed by atoms with E-state index in [-0.39, 0.29) is 0 Å². The van der Waals surface area contributed by atoms with E-state index in [1.54, 1.807) is 0 Å². The van der Waals surface area contributed by atoms with Gasteiger partial charge in [0.2, 0.25) is 0 Å². The highest BCUT2D eigenvalue weighted by molar-refractivity contribution is 4.34. The van der Waals surface area contributed by atoms with Crippen molar-refractivity contribution >= 4 is 0 Å². The van der Waals surface area contributed by atoms with Crippen LogP contribution in [0.25, 0.3) is 0 Å². The molecule has 0 aromatic carbocycles. The summed E-state index contributed by atoms with van der Waals surface area (Å²) in [5.74, 6) is 0. The van der Waals surface area contributed by atoms with Gasteiger partial charge in [0.1, 0.15) is 0 Å². The van der Waals surface area contributed by atoms with Crippen LogP contribution in [0.5, 0.6) is 0 Å². The van der Waals surface area contributed by atoms with E-state index in [0.29, 0.717) is 39.6 Å². The first-order chi connectivity index (χ1) is 7.91. The molecule has 0 heterocycles. The minimum atomic E-state index is 0.628. The zero-order valence-electron chi connectivity index (χ0n) is 10.7. The van der Waals surface area contributed by atoms with Crippen molar-refractivity contribution in [3.63, 3.8) is 0 Å². The van der Waals surface area contributed by atoms with Gasteiger partial charge in [-0.1, -0.05) is 13.8 Å². The summed E-state index contributed by atoms with van der Waals surface area (Å²) in [6.45, 7) is 9.71. The second kappa shape index (κ2) is 14.8. The summed E-state index contributed by atoms with van der Waals surface area (Å²) in [5.41, 5.74) is 0. The third-order valence-corrected chi connectivity index (χ3v) is 1.81. The molecule has 0 radical (unpaired) electrons. The third-order valence-electron chi connectivity index (χ3n) is 1.81. The van der Waals surface area contributed by atoms with Gasteiger partial charge in [-0.15, -0.1) is 0 Å². The Labute approximate surface area is 99.2 Å². The van der Waals surface area contributed by atoms with E-state index < -0.39 is 0 Å². The van der Waals surface area contributed by atoms with Gasteiger partial charge >= 0.3 is 0 Å². The van der Waals surface area contributed by atoms with Crippen LogP contribution in [0.15, 0.2) is 0 Å². The lowest BCUT2D eigenvalue weighted by Crippen LogP contribution is -2.12. The molecule has 98 valence electrons. The summed E-state index contributed by atoms with van der Waals surface area (Å²) in [4.78, 5) is 0. The van der Waals surface area contributed by atoms with Gasteiger partial charge in [0.15, 0.2) is 0 Å². The molecule has 4 nitrogen and oxygen atoms in total. The van der Waals surface area contributed by atoms with Crippen LogP contribution in [-0.4, -0.2) is 52.9 Å². The van der Waals surface area contributed by atoms with Gasteiger partial charge in [-0.25, -0.2) is 0 Å². The van der Waals surface area contributed by atoms with E-state index in [4.69, 9.17) is 18.9 Å². The average molecular weight is 234 g/mol. The van der Waals surface area contributed by atoms with Crippen LogP contribution in [0.2, 0.25) is 0 Å². The minimum Gasteiger partial charge on any atom is -0.379 e. The lowest BCUT2D eigenvalue weighted by atomic mass is 10.5. The van der Waals surface area contributed by atoms with Crippen molar-refractivity contribution in [1.82, 2.24) is 0 Å². The monoisotopic (exact) mass is 234 g/mol. The predicted octanol–water partition coefficient (Wildman–Crippen LogP) is 1.87. The molecule has 0 bridgehead atoms. The maximum Gasteiger partial charge on any atom is 0.0701 e. The van der Waals surface area contributed by atoms with E-state index in [1.807, 2.05) is 0 Å². The molecule has 0 saturated heterocycles. The minimum absolute atomic E-state index is 0.628. The SMILES string of the molecule is CCCOCCOCCOCCOCCC. The first kappa shape index (κ1) is 15.8. The van der Waals surface area contributed by atoms with Crippen molar-refractivity contribution in [2.45, 2.75) is 26.7 Å². The van der Waals surface area contributed by atoms with Gasteiger partial charge in [0.25, 0.3) is 0 Å². The highest BCUT2D eigenvalue weighted by Crippen LogP contribution is 1.84. The Morgan fingerprint density at radius 1 is 0.438 bits per heavy atom. The summed E-state index contributed by atoms with van der Waals surface area (Å²) in [6, 6.07) is 0. The normalized spacial score (nSPS) is 10.9. The number of ether oxygens (including phenoxy) is 4. The summed E-state index contributed by atoms with van der Waals surface area (Å²) in [7, 11) is 0. The van der Waals surface area contributed by atoms with Crippen LogP contribution in [0.4, 0.5) is 0 Å². The molecule has 0 N–H and O–H groups in total. The lowest BCUT2D eigenvalue weighted by molar-refractivity contribution is -0.00163. The molecule has 0 aliphatic heterocycles. The Kier molecular flexibility index (Phi) is 14.7. The van der Waals surface area contributed by atoms with Crippen LogP contribution in [-0.2, 0) is 18.9 Å². The third kappa shape index (κ3) is 13.8. The molecular formula is C12H26O4. The van der Waals surface area contributed by atoms with Crippen LogP contribution in [0.1, 0.15) is 26.7 Å². The van der Waals surface area contributed by atoms with Crippen LogP contribution in [0, 0.1) is 0 Å². The standard InChI is InChI=1S/C12H26O4/c1-3-5-13-7-9-15-11-12-16-10-8-14-6-4-2/h3-12H2,1-2H3. The molecule has 4 heteroatoms. The maximum absolute atomic E-state index is 5.32. The van der Waals surface area contributed by atoms with Crippen LogP contribution >= 0.6 is 0 Å². The Morgan fingerprint density at radius 2 is 0.688 bits per heavy atom. The number of hydrogen-bond donors (Lipinski definition) is 0. The highest BCUT2D eigenvalue weighted by Gasteiger charge is 1.91. The molecule has 0 rings (SSSR count). The fraction of sp³-hybridized carbons (Fsp3) is 1.00.